The summed E-state index contributed by atoms with van der Waals surface area (Å²) in [5.74, 6) is 0.755. The molecule has 0 saturated carbocycles. The highest BCUT2D eigenvalue weighted by atomic mass is 16.6. The quantitative estimate of drug-likeness (QED) is 0.471. The van der Waals surface area contributed by atoms with Crippen molar-refractivity contribution in [1.82, 2.24) is 5.32 Å². The van der Waals surface area contributed by atoms with Gasteiger partial charge in [-0.15, -0.1) is 0 Å². The van der Waals surface area contributed by atoms with E-state index in [0.29, 0.717) is 12.5 Å². The first-order valence-electron chi connectivity index (χ1n) is 2.78. The third-order valence-electron chi connectivity index (χ3n) is 1.76. The van der Waals surface area contributed by atoms with E-state index in [9.17, 15) is 0 Å². The van der Waals surface area contributed by atoms with E-state index in [2.05, 4.69) is 12.2 Å². The van der Waals surface area contributed by atoms with Gasteiger partial charge in [-0.2, -0.15) is 0 Å². The minimum atomic E-state index is 0.407. The van der Waals surface area contributed by atoms with Crippen LogP contribution in [0.4, 0.5) is 0 Å². The molecule has 2 heteroatoms. The standard InChI is InChI=1S/C5H9NO/c1-3-2-4-6-5(3)7-4/h3-6H,2H2,1H3. The molecule has 0 radical (unpaired) electrons. The highest BCUT2D eigenvalue weighted by Crippen LogP contribution is 2.31. The van der Waals surface area contributed by atoms with Crippen molar-refractivity contribution in [2.45, 2.75) is 25.8 Å². The highest BCUT2D eigenvalue weighted by Gasteiger charge is 2.42. The SMILES string of the molecule is CC1CC2NC1O2. The molecule has 40 valence electrons. The summed E-state index contributed by atoms with van der Waals surface area (Å²) >= 11 is 0. The van der Waals surface area contributed by atoms with Crippen molar-refractivity contribution >= 4 is 0 Å². The van der Waals surface area contributed by atoms with Gasteiger partial charge in [0.2, 0.25) is 0 Å². The van der Waals surface area contributed by atoms with Gasteiger partial charge < -0.3 is 4.74 Å². The Hall–Kier alpha value is -0.0800. The van der Waals surface area contributed by atoms with Crippen molar-refractivity contribution in [2.75, 3.05) is 0 Å². The van der Waals surface area contributed by atoms with Crippen LogP contribution in [0, 0.1) is 5.92 Å². The van der Waals surface area contributed by atoms with E-state index in [-0.39, 0.29) is 0 Å². The van der Waals surface area contributed by atoms with Crippen LogP contribution in [0.1, 0.15) is 13.3 Å². The predicted molar refractivity (Wildman–Crippen MR) is 25.6 cm³/mol. The maximum Gasteiger partial charge on any atom is 0.114 e. The molecule has 0 aromatic carbocycles. The maximum atomic E-state index is 5.25. The van der Waals surface area contributed by atoms with E-state index in [1.165, 1.54) is 6.42 Å². The van der Waals surface area contributed by atoms with Gasteiger partial charge in [-0.05, 0) is 12.3 Å². The molecule has 2 bridgehead atoms. The summed E-state index contributed by atoms with van der Waals surface area (Å²) in [4.78, 5) is 0. The van der Waals surface area contributed by atoms with Crippen molar-refractivity contribution < 1.29 is 4.74 Å². The molecule has 3 unspecified atom stereocenters. The normalized spacial score (nSPS) is 57.0. The van der Waals surface area contributed by atoms with Crippen molar-refractivity contribution in [1.29, 1.82) is 0 Å². The molecular weight excluding hydrogens is 90.1 g/mol. The first-order valence-corrected chi connectivity index (χ1v) is 2.78. The molecule has 3 saturated heterocycles. The molecule has 0 aromatic rings. The lowest BCUT2D eigenvalue weighted by Gasteiger charge is -2.26. The van der Waals surface area contributed by atoms with Crippen LogP contribution in [0.25, 0.3) is 0 Å². The molecule has 0 amide bonds. The molecule has 3 aliphatic heterocycles. The third kappa shape index (κ3) is 0.359. The minimum absolute atomic E-state index is 0.407. The zero-order valence-electron chi connectivity index (χ0n) is 4.35. The number of fused-ring (bicyclic) bond motifs is 1. The number of rotatable bonds is 0. The molecule has 0 aliphatic carbocycles. The van der Waals surface area contributed by atoms with Gasteiger partial charge in [0.25, 0.3) is 0 Å². The Morgan fingerprint density at radius 1 is 1.71 bits per heavy atom. The summed E-state index contributed by atoms with van der Waals surface area (Å²) in [6.45, 7) is 2.21. The van der Waals surface area contributed by atoms with E-state index in [1.54, 1.807) is 0 Å². The van der Waals surface area contributed by atoms with Gasteiger partial charge in [0.1, 0.15) is 12.5 Å². The monoisotopic (exact) mass is 99.1 g/mol. The van der Waals surface area contributed by atoms with E-state index >= 15 is 0 Å². The van der Waals surface area contributed by atoms with Gasteiger partial charge in [0.05, 0.1) is 0 Å². The summed E-state index contributed by atoms with van der Waals surface area (Å²) in [5, 5.41) is 3.24. The Labute approximate surface area is 42.9 Å². The van der Waals surface area contributed by atoms with E-state index in [1.807, 2.05) is 0 Å². The second-order valence-electron chi connectivity index (χ2n) is 2.42. The molecule has 1 N–H and O–H groups in total. The Balaban J connectivity index is 2.13. The maximum absolute atomic E-state index is 5.25. The second-order valence-corrected chi connectivity index (χ2v) is 2.42. The zero-order valence-corrected chi connectivity index (χ0v) is 4.35. The van der Waals surface area contributed by atoms with E-state index < -0.39 is 0 Å². The van der Waals surface area contributed by atoms with Crippen LogP contribution in [-0.2, 0) is 4.74 Å². The lowest BCUT2D eigenvalue weighted by atomic mass is 10.2. The van der Waals surface area contributed by atoms with Crippen molar-refractivity contribution in [2.24, 2.45) is 5.92 Å². The van der Waals surface area contributed by atoms with Crippen LogP contribution in [0.15, 0.2) is 0 Å². The largest absolute Gasteiger partial charge is 0.345 e. The van der Waals surface area contributed by atoms with E-state index in [0.717, 1.165) is 5.92 Å². The highest BCUT2D eigenvalue weighted by molar-refractivity contribution is 4.86. The predicted octanol–water partition coefficient (Wildman–Crippen LogP) is 0.298. The van der Waals surface area contributed by atoms with Crippen LogP contribution < -0.4 is 5.32 Å². The Morgan fingerprint density at radius 3 is 2.57 bits per heavy atom. The van der Waals surface area contributed by atoms with Crippen LogP contribution in [0.5, 0.6) is 0 Å². The first-order chi connectivity index (χ1) is 3.36. The van der Waals surface area contributed by atoms with Crippen LogP contribution in [-0.4, -0.2) is 12.5 Å². The molecule has 7 heavy (non-hydrogen) atoms. The van der Waals surface area contributed by atoms with Gasteiger partial charge in [0, 0.05) is 0 Å². The Morgan fingerprint density at radius 2 is 2.43 bits per heavy atom. The minimum Gasteiger partial charge on any atom is -0.345 e. The first kappa shape index (κ1) is 3.87. The zero-order chi connectivity index (χ0) is 4.85. The van der Waals surface area contributed by atoms with Crippen LogP contribution >= 0.6 is 0 Å². The summed E-state index contributed by atoms with van der Waals surface area (Å²) < 4.78 is 5.25. The molecule has 0 spiro atoms. The van der Waals surface area contributed by atoms with Gasteiger partial charge in [-0.3, -0.25) is 5.32 Å². The molecule has 3 aliphatic rings. The Bertz CT molecular complexity index is 88.1. The average molecular weight is 99.1 g/mol. The molecule has 3 atom stereocenters. The Kier molecular flexibility index (Phi) is 0.557. The van der Waals surface area contributed by atoms with Crippen LogP contribution in [0.2, 0.25) is 0 Å². The molecule has 3 heterocycles. The number of hydrogen-bond donors (Lipinski definition) is 1. The fraction of sp³-hybridized carbons (Fsp3) is 1.00. The number of ether oxygens (including phenoxy) is 1. The molecular formula is C5H9NO. The molecule has 0 aromatic heterocycles. The summed E-state index contributed by atoms with van der Waals surface area (Å²) in [5.41, 5.74) is 0. The van der Waals surface area contributed by atoms with Gasteiger partial charge in [-0.25, -0.2) is 0 Å². The van der Waals surface area contributed by atoms with E-state index in [4.69, 9.17) is 4.74 Å². The van der Waals surface area contributed by atoms with Crippen LogP contribution in [0.3, 0.4) is 0 Å². The summed E-state index contributed by atoms with van der Waals surface area (Å²) in [6, 6.07) is 0. The number of hydrogen-bond acceptors (Lipinski definition) is 2. The van der Waals surface area contributed by atoms with Gasteiger partial charge in [0.15, 0.2) is 0 Å². The fourth-order valence-electron chi connectivity index (χ4n) is 1.25. The molecule has 3 rings (SSSR count). The summed E-state index contributed by atoms with van der Waals surface area (Å²) in [6.07, 6.45) is 2.04. The van der Waals surface area contributed by atoms with Crippen molar-refractivity contribution in [3.05, 3.63) is 0 Å². The molecule has 2 nitrogen and oxygen atoms in total. The lowest BCUT2D eigenvalue weighted by Crippen LogP contribution is -2.47. The van der Waals surface area contributed by atoms with Crippen molar-refractivity contribution in [3.63, 3.8) is 0 Å². The van der Waals surface area contributed by atoms with Crippen molar-refractivity contribution in [3.8, 4) is 0 Å². The topological polar surface area (TPSA) is 21.3 Å². The van der Waals surface area contributed by atoms with Gasteiger partial charge >= 0.3 is 0 Å². The lowest BCUT2D eigenvalue weighted by molar-refractivity contribution is -0.112. The average Bonchev–Trinajstić information content (AvgIpc) is 1.85. The smallest absolute Gasteiger partial charge is 0.114 e. The fourth-order valence-corrected chi connectivity index (χ4v) is 1.25. The second kappa shape index (κ2) is 1.01. The van der Waals surface area contributed by atoms with Gasteiger partial charge in [-0.1, -0.05) is 6.92 Å². The number of nitrogens with one attached hydrogen (secondary N) is 1. The molecule has 3 fully saturated rings. The summed E-state index contributed by atoms with van der Waals surface area (Å²) in [7, 11) is 0. The third-order valence-corrected chi connectivity index (χ3v) is 1.76.